The first kappa shape index (κ1) is 12.0. The van der Waals surface area contributed by atoms with E-state index in [1.54, 1.807) is 0 Å². The van der Waals surface area contributed by atoms with Crippen LogP contribution in [0.2, 0.25) is 0 Å². The molecule has 1 fully saturated rings. The molecule has 0 bridgehead atoms. The summed E-state index contributed by atoms with van der Waals surface area (Å²) in [5, 5.41) is 9.70. The van der Waals surface area contributed by atoms with Gasteiger partial charge < -0.3 is 14.7 Å². The van der Waals surface area contributed by atoms with Gasteiger partial charge in [0.1, 0.15) is 12.6 Å². The fourth-order valence-electron chi connectivity index (χ4n) is 1.95. The molecule has 1 heterocycles. The Bertz CT molecular complexity index is 144. The number of nitrogens with one attached hydrogen (secondary N) is 1. The van der Waals surface area contributed by atoms with E-state index < -0.39 is 0 Å². The summed E-state index contributed by atoms with van der Waals surface area (Å²) in [4.78, 5) is 1.54. The number of quaternary nitrogens is 1. The van der Waals surface area contributed by atoms with E-state index in [0.717, 1.165) is 6.54 Å². The lowest BCUT2D eigenvalue weighted by atomic mass is 10.1. The van der Waals surface area contributed by atoms with Crippen molar-refractivity contribution in [2.75, 3.05) is 26.2 Å². The van der Waals surface area contributed by atoms with Crippen molar-refractivity contribution in [3.63, 3.8) is 0 Å². The predicted molar refractivity (Wildman–Crippen MR) is 56.5 cm³/mol. The summed E-state index contributed by atoms with van der Waals surface area (Å²) in [6, 6.07) is 0. The van der Waals surface area contributed by atoms with Gasteiger partial charge in [0.15, 0.2) is 0 Å². The summed E-state index contributed by atoms with van der Waals surface area (Å²) in [5.41, 5.74) is 0. The normalized spacial score (nSPS) is 21.4. The van der Waals surface area contributed by atoms with Crippen molar-refractivity contribution >= 4 is 0 Å². The maximum absolute atomic E-state index is 9.70. The van der Waals surface area contributed by atoms with Crippen molar-refractivity contribution < 1.29 is 14.7 Å². The van der Waals surface area contributed by atoms with Gasteiger partial charge >= 0.3 is 0 Å². The number of ether oxygens (including phenoxy) is 1. The molecule has 0 radical (unpaired) electrons. The molecule has 0 spiro atoms. The molecule has 1 aliphatic rings. The summed E-state index contributed by atoms with van der Waals surface area (Å²) in [5.74, 6) is 0. The molecule has 0 saturated carbocycles. The average Bonchev–Trinajstić information content (AvgIpc) is 2.16. The van der Waals surface area contributed by atoms with Crippen LogP contribution in [0.25, 0.3) is 0 Å². The Morgan fingerprint density at radius 2 is 1.86 bits per heavy atom. The number of hydrogen-bond donors (Lipinski definition) is 2. The van der Waals surface area contributed by atoms with Gasteiger partial charge in [-0.15, -0.1) is 0 Å². The molecule has 0 aliphatic carbocycles. The molecular formula is C11H24NO2+. The number of hydrogen-bond acceptors (Lipinski definition) is 2. The molecular weight excluding hydrogens is 178 g/mol. The van der Waals surface area contributed by atoms with Crippen LogP contribution in [-0.4, -0.2) is 43.6 Å². The van der Waals surface area contributed by atoms with Crippen LogP contribution in [0.3, 0.4) is 0 Å². The second-order valence-electron chi connectivity index (χ2n) is 4.55. The molecule has 2 N–H and O–H groups in total. The molecule has 1 rings (SSSR count). The first-order valence-electron chi connectivity index (χ1n) is 5.81. The fourth-order valence-corrected chi connectivity index (χ4v) is 1.95. The van der Waals surface area contributed by atoms with Crippen LogP contribution in [0, 0.1) is 0 Å². The van der Waals surface area contributed by atoms with Gasteiger partial charge in [0.25, 0.3) is 0 Å². The molecule has 3 nitrogen and oxygen atoms in total. The van der Waals surface area contributed by atoms with E-state index in [2.05, 4.69) is 0 Å². The van der Waals surface area contributed by atoms with E-state index >= 15 is 0 Å². The molecule has 3 heteroatoms. The van der Waals surface area contributed by atoms with Gasteiger partial charge in [-0.1, -0.05) is 0 Å². The fraction of sp³-hybridized carbons (Fsp3) is 1.00. The quantitative estimate of drug-likeness (QED) is 0.650. The van der Waals surface area contributed by atoms with Crippen molar-refractivity contribution in [2.24, 2.45) is 0 Å². The number of likely N-dealkylation sites (tertiary alicyclic amines) is 1. The lowest BCUT2D eigenvalue weighted by Crippen LogP contribution is -3.14. The Hall–Kier alpha value is -0.120. The third kappa shape index (κ3) is 4.94. The minimum Gasteiger partial charge on any atom is -0.385 e. The second kappa shape index (κ2) is 6.38. The van der Waals surface area contributed by atoms with Gasteiger partial charge in [0.05, 0.1) is 25.8 Å². The summed E-state index contributed by atoms with van der Waals surface area (Å²) in [7, 11) is 0. The average molecular weight is 202 g/mol. The largest absolute Gasteiger partial charge is 0.385 e. The monoisotopic (exact) mass is 202 g/mol. The molecule has 1 saturated heterocycles. The Labute approximate surface area is 87.1 Å². The molecule has 0 aromatic rings. The molecule has 1 atom stereocenters. The molecule has 0 amide bonds. The number of aliphatic hydroxyl groups excluding tert-OH is 1. The van der Waals surface area contributed by atoms with Crippen molar-refractivity contribution in [1.29, 1.82) is 0 Å². The molecule has 0 unspecified atom stereocenters. The molecule has 0 aromatic heterocycles. The van der Waals surface area contributed by atoms with Crippen LogP contribution in [0.15, 0.2) is 0 Å². The van der Waals surface area contributed by atoms with Crippen molar-refractivity contribution in [2.45, 2.75) is 45.3 Å². The summed E-state index contributed by atoms with van der Waals surface area (Å²) >= 11 is 0. The third-order valence-electron chi connectivity index (χ3n) is 2.71. The van der Waals surface area contributed by atoms with Gasteiger partial charge in [-0.05, 0) is 33.1 Å². The third-order valence-corrected chi connectivity index (χ3v) is 2.71. The van der Waals surface area contributed by atoms with Crippen molar-refractivity contribution in [1.82, 2.24) is 0 Å². The maximum Gasteiger partial charge on any atom is 0.126 e. The Balaban J connectivity index is 2.09. The van der Waals surface area contributed by atoms with Crippen molar-refractivity contribution in [3.8, 4) is 0 Å². The van der Waals surface area contributed by atoms with Gasteiger partial charge in [-0.3, -0.25) is 0 Å². The zero-order valence-electron chi connectivity index (χ0n) is 9.46. The standard InChI is InChI=1S/C11H23NO2/c1-10(2)14-9-11(13)8-12-6-4-3-5-7-12/h10-11,13H,3-9H2,1-2H3/p+1/t11-/m0/s1. The summed E-state index contributed by atoms with van der Waals surface area (Å²) in [6.07, 6.45) is 3.92. The van der Waals surface area contributed by atoms with Crippen LogP contribution in [0.1, 0.15) is 33.1 Å². The van der Waals surface area contributed by atoms with Gasteiger partial charge in [0, 0.05) is 0 Å². The van der Waals surface area contributed by atoms with E-state index in [9.17, 15) is 5.11 Å². The Morgan fingerprint density at radius 1 is 1.21 bits per heavy atom. The first-order valence-corrected chi connectivity index (χ1v) is 5.81. The smallest absolute Gasteiger partial charge is 0.126 e. The van der Waals surface area contributed by atoms with Crippen LogP contribution < -0.4 is 4.90 Å². The van der Waals surface area contributed by atoms with E-state index in [-0.39, 0.29) is 12.2 Å². The number of aliphatic hydroxyl groups is 1. The van der Waals surface area contributed by atoms with E-state index in [1.807, 2.05) is 13.8 Å². The lowest BCUT2D eigenvalue weighted by Gasteiger charge is -2.25. The highest BCUT2D eigenvalue weighted by molar-refractivity contribution is 4.54. The highest BCUT2D eigenvalue weighted by atomic mass is 16.5. The summed E-state index contributed by atoms with van der Waals surface area (Å²) < 4.78 is 5.38. The Kier molecular flexibility index (Phi) is 5.45. The van der Waals surface area contributed by atoms with Crippen LogP contribution in [0.4, 0.5) is 0 Å². The van der Waals surface area contributed by atoms with Gasteiger partial charge in [0.2, 0.25) is 0 Å². The highest BCUT2D eigenvalue weighted by Gasteiger charge is 2.17. The lowest BCUT2D eigenvalue weighted by molar-refractivity contribution is -0.908. The molecule has 84 valence electrons. The van der Waals surface area contributed by atoms with E-state index in [0.29, 0.717) is 6.61 Å². The Morgan fingerprint density at radius 3 is 2.43 bits per heavy atom. The van der Waals surface area contributed by atoms with Gasteiger partial charge in [-0.2, -0.15) is 0 Å². The minimum absolute atomic E-state index is 0.223. The topological polar surface area (TPSA) is 33.9 Å². The van der Waals surface area contributed by atoms with Crippen LogP contribution in [-0.2, 0) is 4.74 Å². The van der Waals surface area contributed by atoms with Crippen LogP contribution >= 0.6 is 0 Å². The SMILES string of the molecule is CC(C)OC[C@@H](O)C[NH+]1CCCCC1. The van der Waals surface area contributed by atoms with Crippen molar-refractivity contribution in [3.05, 3.63) is 0 Å². The zero-order chi connectivity index (χ0) is 10.4. The minimum atomic E-state index is -0.287. The highest BCUT2D eigenvalue weighted by Crippen LogP contribution is 1.95. The second-order valence-corrected chi connectivity index (χ2v) is 4.55. The van der Waals surface area contributed by atoms with Gasteiger partial charge in [-0.25, -0.2) is 0 Å². The summed E-state index contributed by atoms with van der Waals surface area (Å²) in [6.45, 7) is 7.78. The molecule has 0 aromatic carbocycles. The first-order chi connectivity index (χ1) is 6.68. The zero-order valence-corrected chi connectivity index (χ0v) is 9.46. The number of piperidine rings is 1. The molecule has 14 heavy (non-hydrogen) atoms. The van der Waals surface area contributed by atoms with E-state index in [4.69, 9.17) is 4.74 Å². The predicted octanol–water partition coefficient (Wildman–Crippen LogP) is -0.159. The maximum atomic E-state index is 9.70. The van der Waals surface area contributed by atoms with E-state index in [1.165, 1.54) is 37.3 Å². The molecule has 1 aliphatic heterocycles. The van der Waals surface area contributed by atoms with Crippen LogP contribution in [0.5, 0.6) is 0 Å². The number of rotatable bonds is 5.